The molecule has 6 heteroatoms. The van der Waals surface area contributed by atoms with E-state index in [9.17, 15) is 14.4 Å². The molecule has 1 heterocycles. The van der Waals surface area contributed by atoms with Gasteiger partial charge in [0.2, 0.25) is 0 Å². The normalized spacial score (nSPS) is 10.5. The van der Waals surface area contributed by atoms with Crippen molar-refractivity contribution in [3.8, 4) is 0 Å². The number of ether oxygens (including phenoxy) is 1. The molecule has 0 spiro atoms. The number of rotatable bonds is 1. The summed E-state index contributed by atoms with van der Waals surface area (Å²) in [6.07, 6.45) is 0. The second-order valence-corrected chi connectivity index (χ2v) is 3.55. The number of aromatic nitrogens is 2. The zero-order chi connectivity index (χ0) is 12.6. The molecule has 0 bridgehead atoms. The minimum atomic E-state index is -0.528. The Bertz CT molecular complexity index is 711. The van der Waals surface area contributed by atoms with Gasteiger partial charge < -0.3 is 9.72 Å². The number of fused-ring (bicyclic) bond motifs is 1. The number of carbonyl (C=O) groups is 1. The molecule has 1 aromatic heterocycles. The fourth-order valence-electron chi connectivity index (χ4n) is 1.55. The van der Waals surface area contributed by atoms with Crippen LogP contribution in [-0.2, 0) is 11.8 Å². The summed E-state index contributed by atoms with van der Waals surface area (Å²) in [5, 5.41) is 0.273. The molecule has 6 nitrogen and oxygen atoms in total. The summed E-state index contributed by atoms with van der Waals surface area (Å²) in [7, 11) is 2.63. The molecule has 1 aromatic carbocycles. The van der Waals surface area contributed by atoms with Crippen LogP contribution in [0, 0.1) is 0 Å². The molecule has 0 amide bonds. The molecule has 0 aliphatic heterocycles. The molecule has 0 fully saturated rings. The summed E-state index contributed by atoms with van der Waals surface area (Å²) >= 11 is 0. The Morgan fingerprint density at radius 2 is 2.06 bits per heavy atom. The van der Waals surface area contributed by atoms with Crippen LogP contribution in [0.2, 0.25) is 0 Å². The first-order chi connectivity index (χ1) is 8.04. The van der Waals surface area contributed by atoms with E-state index in [0.29, 0.717) is 5.52 Å². The largest absolute Gasteiger partial charge is 0.465 e. The molecular weight excluding hydrogens is 224 g/mol. The molecule has 17 heavy (non-hydrogen) atoms. The quantitative estimate of drug-likeness (QED) is 0.705. The topological polar surface area (TPSA) is 81.2 Å². The van der Waals surface area contributed by atoms with Gasteiger partial charge in [0.05, 0.1) is 23.6 Å². The van der Waals surface area contributed by atoms with Gasteiger partial charge in [-0.15, -0.1) is 0 Å². The fraction of sp³-hybridized carbons (Fsp3) is 0.182. The van der Waals surface area contributed by atoms with Crippen LogP contribution >= 0.6 is 0 Å². The minimum absolute atomic E-state index is 0.268. The van der Waals surface area contributed by atoms with E-state index in [2.05, 4.69) is 9.72 Å². The van der Waals surface area contributed by atoms with Crippen molar-refractivity contribution >= 4 is 16.9 Å². The smallest absolute Gasteiger partial charge is 0.337 e. The van der Waals surface area contributed by atoms with Gasteiger partial charge in [0.15, 0.2) is 0 Å². The highest BCUT2D eigenvalue weighted by Gasteiger charge is 2.09. The predicted octanol–water partition coefficient (Wildman–Crippen LogP) is 0.0134. The Hall–Kier alpha value is -2.37. The number of hydrogen-bond donors (Lipinski definition) is 1. The first-order valence-electron chi connectivity index (χ1n) is 4.86. The Kier molecular flexibility index (Phi) is 2.55. The van der Waals surface area contributed by atoms with E-state index in [4.69, 9.17) is 0 Å². The lowest BCUT2D eigenvalue weighted by molar-refractivity contribution is 0.0601. The number of H-pyrrole nitrogens is 1. The van der Waals surface area contributed by atoms with Gasteiger partial charge in [-0.1, -0.05) is 0 Å². The molecule has 0 unspecified atom stereocenters. The minimum Gasteiger partial charge on any atom is -0.465 e. The molecule has 2 aromatic rings. The lowest BCUT2D eigenvalue weighted by Crippen LogP contribution is -2.32. The van der Waals surface area contributed by atoms with Crippen LogP contribution in [0.4, 0.5) is 0 Å². The number of nitrogens with one attached hydrogen (secondary N) is 1. The molecule has 0 saturated carbocycles. The van der Waals surface area contributed by atoms with Crippen LogP contribution in [-0.4, -0.2) is 22.6 Å². The summed E-state index contributed by atoms with van der Waals surface area (Å²) < 4.78 is 5.51. The monoisotopic (exact) mass is 234 g/mol. The number of benzene rings is 1. The summed E-state index contributed by atoms with van der Waals surface area (Å²) in [4.78, 5) is 37.0. The van der Waals surface area contributed by atoms with Crippen LogP contribution in [0.15, 0.2) is 27.8 Å². The number of hydrogen-bond acceptors (Lipinski definition) is 4. The summed E-state index contributed by atoms with van der Waals surface area (Å²) in [5.41, 5.74) is -0.280. The molecule has 88 valence electrons. The van der Waals surface area contributed by atoms with Crippen LogP contribution in [0.1, 0.15) is 10.4 Å². The van der Waals surface area contributed by atoms with Crippen LogP contribution < -0.4 is 11.2 Å². The number of methoxy groups -OCH3 is 1. The third kappa shape index (κ3) is 1.73. The first kappa shape index (κ1) is 11.1. The van der Waals surface area contributed by atoms with Crippen molar-refractivity contribution in [2.75, 3.05) is 7.11 Å². The van der Waals surface area contributed by atoms with Gasteiger partial charge in [0.1, 0.15) is 0 Å². The Morgan fingerprint density at radius 1 is 1.35 bits per heavy atom. The standard InChI is InChI=1S/C11H10N2O4/c1-13-9(14)7-5-6(10(15)17-2)3-4-8(7)12-11(13)16/h3-5H,1-2H3,(H,12,16). The molecule has 2 rings (SSSR count). The second kappa shape index (κ2) is 3.89. The maximum Gasteiger partial charge on any atom is 0.337 e. The zero-order valence-electron chi connectivity index (χ0n) is 9.31. The van der Waals surface area contributed by atoms with Crippen LogP contribution in [0.25, 0.3) is 10.9 Å². The van der Waals surface area contributed by atoms with E-state index < -0.39 is 17.2 Å². The Morgan fingerprint density at radius 3 is 2.71 bits per heavy atom. The van der Waals surface area contributed by atoms with Gasteiger partial charge in [-0.2, -0.15) is 0 Å². The first-order valence-corrected chi connectivity index (χ1v) is 4.86. The van der Waals surface area contributed by atoms with Crippen molar-refractivity contribution in [3.63, 3.8) is 0 Å². The molecule has 0 atom stereocenters. The number of esters is 1. The van der Waals surface area contributed by atoms with Gasteiger partial charge in [-0.25, -0.2) is 9.59 Å². The summed E-state index contributed by atoms with van der Waals surface area (Å²) in [5.74, 6) is -0.528. The number of nitrogens with zero attached hydrogens (tertiary/aromatic N) is 1. The SMILES string of the molecule is COC(=O)c1ccc2[nH]c(=O)n(C)c(=O)c2c1. The van der Waals surface area contributed by atoms with Gasteiger partial charge in [-0.05, 0) is 18.2 Å². The average Bonchev–Trinajstić information content (AvgIpc) is 2.35. The van der Waals surface area contributed by atoms with Crippen LogP contribution in [0.5, 0.6) is 0 Å². The molecule has 0 aliphatic rings. The maximum atomic E-state index is 11.8. The van der Waals surface area contributed by atoms with E-state index >= 15 is 0 Å². The van der Waals surface area contributed by atoms with Crippen molar-refractivity contribution in [2.24, 2.45) is 7.05 Å². The predicted molar refractivity (Wildman–Crippen MR) is 61.1 cm³/mol. The molecular formula is C11H10N2O4. The molecule has 0 aliphatic carbocycles. The maximum absolute atomic E-state index is 11.8. The van der Waals surface area contributed by atoms with E-state index in [1.165, 1.54) is 32.4 Å². The molecule has 1 N–H and O–H groups in total. The van der Waals surface area contributed by atoms with Gasteiger partial charge in [0, 0.05) is 7.05 Å². The molecule has 0 saturated heterocycles. The lowest BCUT2D eigenvalue weighted by atomic mass is 10.1. The van der Waals surface area contributed by atoms with Crippen molar-refractivity contribution in [2.45, 2.75) is 0 Å². The number of carbonyl (C=O) groups excluding carboxylic acids is 1. The van der Waals surface area contributed by atoms with Gasteiger partial charge in [0.25, 0.3) is 5.56 Å². The van der Waals surface area contributed by atoms with Gasteiger partial charge in [-0.3, -0.25) is 9.36 Å². The highest BCUT2D eigenvalue weighted by molar-refractivity contribution is 5.94. The van der Waals surface area contributed by atoms with E-state index in [1.807, 2.05) is 0 Å². The van der Waals surface area contributed by atoms with E-state index in [1.54, 1.807) is 0 Å². The van der Waals surface area contributed by atoms with Crippen LogP contribution in [0.3, 0.4) is 0 Å². The third-order valence-electron chi connectivity index (χ3n) is 2.52. The van der Waals surface area contributed by atoms with Crippen molar-refractivity contribution in [1.29, 1.82) is 0 Å². The van der Waals surface area contributed by atoms with Crippen molar-refractivity contribution in [3.05, 3.63) is 44.6 Å². The molecule has 0 radical (unpaired) electrons. The highest BCUT2D eigenvalue weighted by atomic mass is 16.5. The second-order valence-electron chi connectivity index (χ2n) is 3.55. The average molecular weight is 234 g/mol. The fourth-order valence-corrected chi connectivity index (χ4v) is 1.55. The van der Waals surface area contributed by atoms with Gasteiger partial charge >= 0.3 is 11.7 Å². The summed E-state index contributed by atoms with van der Waals surface area (Å²) in [6, 6.07) is 4.40. The lowest BCUT2D eigenvalue weighted by Gasteiger charge is -2.03. The van der Waals surface area contributed by atoms with E-state index in [0.717, 1.165) is 4.57 Å². The Labute approximate surface area is 95.5 Å². The Balaban J connectivity index is 2.82. The van der Waals surface area contributed by atoms with Crippen molar-refractivity contribution < 1.29 is 9.53 Å². The van der Waals surface area contributed by atoms with E-state index in [-0.39, 0.29) is 10.9 Å². The summed E-state index contributed by atoms with van der Waals surface area (Å²) in [6.45, 7) is 0. The highest BCUT2D eigenvalue weighted by Crippen LogP contribution is 2.09. The third-order valence-corrected chi connectivity index (χ3v) is 2.52. The zero-order valence-corrected chi connectivity index (χ0v) is 9.31. The number of aromatic amines is 1. The van der Waals surface area contributed by atoms with Crippen molar-refractivity contribution in [1.82, 2.24) is 9.55 Å².